The molecule has 0 amide bonds. The van der Waals surface area contributed by atoms with Crippen molar-refractivity contribution in [2.75, 3.05) is 4.90 Å². The fraction of sp³-hybridized carbons (Fsp3) is 0.429. The van der Waals surface area contributed by atoms with Crippen molar-refractivity contribution in [3.63, 3.8) is 0 Å². The van der Waals surface area contributed by atoms with Gasteiger partial charge in [-0.2, -0.15) is 0 Å². The van der Waals surface area contributed by atoms with E-state index in [-0.39, 0.29) is 17.0 Å². The lowest BCUT2D eigenvalue weighted by Crippen LogP contribution is -2.52. The number of hydrogen-bond donors (Lipinski definition) is 1. The summed E-state index contributed by atoms with van der Waals surface area (Å²) in [6, 6.07) is 14.0. The van der Waals surface area contributed by atoms with Gasteiger partial charge in [0.25, 0.3) is 0 Å². The van der Waals surface area contributed by atoms with Crippen LogP contribution in [0.5, 0.6) is 0 Å². The minimum Gasteiger partial charge on any atom is -0.319 e. The Hall–Kier alpha value is -1.88. The van der Waals surface area contributed by atoms with Gasteiger partial charge in [-0.1, -0.05) is 99.7 Å². The van der Waals surface area contributed by atoms with Crippen molar-refractivity contribution in [2.45, 2.75) is 71.4 Å². The van der Waals surface area contributed by atoms with Gasteiger partial charge in [0.2, 0.25) is 0 Å². The number of amidine groups is 1. The Kier molecular flexibility index (Phi) is 7.42. The normalized spacial score (nSPS) is 20.4. The molecule has 1 aliphatic heterocycles. The number of para-hydroxylation sites is 1. The largest absolute Gasteiger partial charge is 0.319 e. The van der Waals surface area contributed by atoms with Crippen molar-refractivity contribution in [1.29, 1.82) is 0 Å². The average molecular weight is 515 g/mol. The third-order valence-corrected chi connectivity index (χ3v) is 7.76. The molecule has 1 saturated carbocycles. The molecule has 2 aromatic rings. The summed E-state index contributed by atoms with van der Waals surface area (Å²) in [5.41, 5.74) is 3.02. The van der Waals surface area contributed by atoms with E-state index >= 15 is 0 Å². The van der Waals surface area contributed by atoms with Gasteiger partial charge < -0.3 is 10.2 Å². The maximum absolute atomic E-state index is 6.43. The molecule has 34 heavy (non-hydrogen) atoms. The van der Waals surface area contributed by atoms with Gasteiger partial charge in [0.05, 0.1) is 6.04 Å². The van der Waals surface area contributed by atoms with Crippen LogP contribution < -0.4 is 10.2 Å². The van der Waals surface area contributed by atoms with Gasteiger partial charge in [-0.25, -0.2) is 0 Å². The van der Waals surface area contributed by atoms with Crippen molar-refractivity contribution in [2.24, 2.45) is 10.4 Å². The summed E-state index contributed by atoms with van der Waals surface area (Å²) in [5, 5.41) is 5.55. The van der Waals surface area contributed by atoms with Crippen molar-refractivity contribution < 1.29 is 0 Å². The Morgan fingerprint density at radius 3 is 2.44 bits per heavy atom. The lowest BCUT2D eigenvalue weighted by molar-refractivity contribution is 0.357. The maximum Gasteiger partial charge on any atom is 0.179 e. The highest BCUT2D eigenvalue weighted by Crippen LogP contribution is 2.42. The number of aryl methyl sites for hydroxylation is 1. The van der Waals surface area contributed by atoms with Crippen LogP contribution in [-0.4, -0.2) is 22.5 Å². The van der Waals surface area contributed by atoms with Gasteiger partial charge in [0, 0.05) is 15.7 Å². The van der Waals surface area contributed by atoms with Gasteiger partial charge in [0.15, 0.2) is 5.11 Å². The Balaban J connectivity index is 1.76. The van der Waals surface area contributed by atoms with Crippen LogP contribution in [0.2, 0.25) is 10.0 Å². The van der Waals surface area contributed by atoms with E-state index in [1.54, 1.807) is 6.07 Å². The first-order valence-corrected chi connectivity index (χ1v) is 13.2. The summed E-state index contributed by atoms with van der Waals surface area (Å²) < 4.78 is 0. The topological polar surface area (TPSA) is 27.6 Å². The molecule has 1 heterocycles. The summed E-state index contributed by atoms with van der Waals surface area (Å²) in [7, 11) is 0. The van der Waals surface area contributed by atoms with Crippen LogP contribution in [-0.2, 0) is 0 Å². The fourth-order valence-electron chi connectivity index (χ4n) is 4.97. The molecule has 2 fully saturated rings. The first kappa shape index (κ1) is 25.2. The molecule has 1 saturated heterocycles. The monoisotopic (exact) mass is 513 g/mol. The van der Waals surface area contributed by atoms with Crippen molar-refractivity contribution in [1.82, 2.24) is 5.32 Å². The molecule has 1 N–H and O–H groups in total. The second-order valence-electron chi connectivity index (χ2n) is 10.5. The number of aliphatic imine (C=N–C) groups is 1. The van der Waals surface area contributed by atoms with E-state index in [2.05, 4.69) is 74.3 Å². The highest BCUT2D eigenvalue weighted by atomic mass is 35.5. The van der Waals surface area contributed by atoms with Crippen LogP contribution >= 0.6 is 35.4 Å². The molecule has 3 nitrogen and oxygen atoms in total. The summed E-state index contributed by atoms with van der Waals surface area (Å²) >= 11 is 18.4. The number of nitrogens with zero attached hydrogens (tertiary/aromatic N) is 2. The molecule has 1 spiro atoms. The van der Waals surface area contributed by atoms with Crippen LogP contribution in [0.4, 0.5) is 5.69 Å². The molecule has 180 valence electrons. The number of hydrogen-bond acceptors (Lipinski definition) is 2. The Bertz CT molecular complexity index is 1130. The molecular weight excluding hydrogens is 481 g/mol. The molecule has 1 aliphatic carbocycles. The zero-order valence-corrected chi connectivity index (χ0v) is 22.7. The minimum absolute atomic E-state index is 0.0554. The average Bonchev–Trinajstić information content (AvgIpc) is 3.02. The number of nitrogens with one attached hydrogen (secondary N) is 1. The lowest BCUT2D eigenvalue weighted by Gasteiger charge is -2.42. The molecule has 0 aromatic heterocycles. The van der Waals surface area contributed by atoms with Crippen molar-refractivity contribution >= 4 is 58.1 Å². The van der Waals surface area contributed by atoms with Crippen molar-refractivity contribution in [3.8, 4) is 0 Å². The van der Waals surface area contributed by atoms with E-state index in [9.17, 15) is 0 Å². The van der Waals surface area contributed by atoms with Gasteiger partial charge in [0.1, 0.15) is 11.4 Å². The molecule has 2 aromatic carbocycles. The number of benzene rings is 2. The third-order valence-electron chi connectivity index (χ3n) is 6.91. The Labute approximate surface area is 219 Å². The first-order valence-electron chi connectivity index (χ1n) is 12.0. The number of anilines is 1. The van der Waals surface area contributed by atoms with Crippen LogP contribution in [0.25, 0.3) is 6.08 Å². The van der Waals surface area contributed by atoms with E-state index in [0.29, 0.717) is 10.0 Å². The predicted octanol–water partition coefficient (Wildman–Crippen LogP) is 8.23. The summed E-state index contributed by atoms with van der Waals surface area (Å²) in [4.78, 5) is 7.70. The number of halogens is 2. The number of rotatable bonds is 4. The standard InChI is InChI=1S/C28H33Cl2N3S/c1-19-10-6-7-11-23(19)33-26(34)32-25(28(33)16-8-5-9-17-28)31-24(27(2,3)4)15-13-20-12-14-21(29)18-22(20)30/h6-7,10-15,18,24H,5,8-9,16-17H2,1-4H3,(H,31,32,34). The van der Waals surface area contributed by atoms with E-state index in [1.165, 1.54) is 30.5 Å². The highest BCUT2D eigenvalue weighted by Gasteiger charge is 2.50. The zero-order valence-electron chi connectivity index (χ0n) is 20.4. The summed E-state index contributed by atoms with van der Waals surface area (Å²) in [6.45, 7) is 8.81. The SMILES string of the molecule is Cc1ccccc1N1C(=S)NC(=NC(C=Cc2ccc(Cl)cc2Cl)C(C)(C)C)C12CCCCC2. The van der Waals surface area contributed by atoms with Gasteiger partial charge in [-0.05, 0) is 66.7 Å². The van der Waals surface area contributed by atoms with Crippen LogP contribution in [0.15, 0.2) is 53.5 Å². The summed E-state index contributed by atoms with van der Waals surface area (Å²) in [6.07, 6.45) is 9.87. The molecule has 2 aliphatic rings. The molecule has 0 radical (unpaired) electrons. The van der Waals surface area contributed by atoms with Gasteiger partial charge in [-0.3, -0.25) is 4.99 Å². The lowest BCUT2D eigenvalue weighted by atomic mass is 9.79. The molecule has 1 atom stereocenters. The van der Waals surface area contributed by atoms with Crippen LogP contribution in [0.1, 0.15) is 64.0 Å². The molecule has 6 heteroatoms. The van der Waals surface area contributed by atoms with Crippen molar-refractivity contribution in [3.05, 3.63) is 69.7 Å². The highest BCUT2D eigenvalue weighted by molar-refractivity contribution is 7.80. The third kappa shape index (κ3) is 5.05. The Morgan fingerprint density at radius 1 is 1.09 bits per heavy atom. The molecule has 0 bridgehead atoms. The van der Waals surface area contributed by atoms with E-state index in [4.69, 9.17) is 40.4 Å². The summed E-state index contributed by atoms with van der Waals surface area (Å²) in [5.74, 6) is 0.993. The van der Waals surface area contributed by atoms with E-state index < -0.39 is 0 Å². The minimum atomic E-state index is -0.225. The predicted molar refractivity (Wildman–Crippen MR) is 151 cm³/mol. The van der Waals surface area contributed by atoms with Crippen LogP contribution in [0.3, 0.4) is 0 Å². The molecule has 1 unspecified atom stereocenters. The number of thiocarbonyl (C=S) groups is 1. The van der Waals surface area contributed by atoms with Gasteiger partial charge >= 0.3 is 0 Å². The van der Waals surface area contributed by atoms with Gasteiger partial charge in [-0.15, -0.1) is 0 Å². The second-order valence-corrected chi connectivity index (χ2v) is 11.7. The second kappa shape index (κ2) is 10.0. The molecule has 4 rings (SSSR count). The van der Waals surface area contributed by atoms with Crippen LogP contribution in [0, 0.1) is 12.3 Å². The fourth-order valence-corrected chi connectivity index (χ4v) is 5.81. The Morgan fingerprint density at radius 2 is 1.79 bits per heavy atom. The first-order chi connectivity index (χ1) is 16.1. The maximum atomic E-state index is 6.43. The quantitative estimate of drug-likeness (QED) is 0.417. The van der Waals surface area contributed by atoms with E-state index in [0.717, 1.165) is 29.4 Å². The molecular formula is C28H33Cl2N3S. The smallest absolute Gasteiger partial charge is 0.179 e. The van der Waals surface area contributed by atoms with E-state index in [1.807, 2.05) is 12.1 Å². The zero-order chi connectivity index (χ0) is 24.5.